The smallest absolute Gasteiger partial charge is 0.211 e. The van der Waals surface area contributed by atoms with Crippen molar-refractivity contribution in [3.8, 4) is 0 Å². The van der Waals surface area contributed by atoms with Gasteiger partial charge in [-0.1, -0.05) is 21.6 Å². The predicted molar refractivity (Wildman–Crippen MR) is 65.0 cm³/mol. The summed E-state index contributed by atoms with van der Waals surface area (Å²) in [6, 6.07) is 0. The molecule has 8 nitrogen and oxygen atoms in total. The third kappa shape index (κ3) is 8.38. The molecule has 0 aliphatic heterocycles. The maximum absolute atomic E-state index is 10.1. The van der Waals surface area contributed by atoms with Crippen molar-refractivity contribution >= 4 is 45.9 Å². The quantitative estimate of drug-likeness (QED) is 0.343. The average molecular weight is 286 g/mol. The molecule has 0 aliphatic rings. The minimum atomic E-state index is -0.654. The zero-order valence-corrected chi connectivity index (χ0v) is 10.4. The van der Waals surface area contributed by atoms with Crippen LogP contribution in [0.5, 0.6) is 0 Å². The van der Waals surface area contributed by atoms with Crippen molar-refractivity contribution in [1.29, 1.82) is 0 Å². The Hall–Kier alpha value is -1.78. The average Bonchev–Trinajstić information content (AvgIpc) is 2.38. The zero-order valence-electron chi connectivity index (χ0n) is 8.81. The van der Waals surface area contributed by atoms with Crippen LogP contribution in [0.3, 0.4) is 0 Å². The van der Waals surface area contributed by atoms with E-state index in [0.29, 0.717) is 0 Å². The van der Waals surface area contributed by atoms with Gasteiger partial charge in [0.25, 0.3) is 0 Å². The highest BCUT2D eigenvalue weighted by Gasteiger charge is 2.13. The first kappa shape index (κ1) is 16.2. The zero-order chi connectivity index (χ0) is 13.6. The highest BCUT2D eigenvalue weighted by Crippen LogP contribution is 2.32. The Morgan fingerprint density at radius 3 is 1.39 bits per heavy atom. The first-order valence-electron chi connectivity index (χ1n) is 4.31. The molecule has 0 fully saturated rings. The van der Waals surface area contributed by atoms with Gasteiger partial charge in [0.15, 0.2) is 0 Å². The molecule has 0 bridgehead atoms. The van der Waals surface area contributed by atoms with Crippen LogP contribution in [-0.4, -0.2) is 48.2 Å². The van der Waals surface area contributed by atoms with Crippen molar-refractivity contribution in [2.45, 2.75) is 10.7 Å². The van der Waals surface area contributed by atoms with E-state index in [2.05, 4.69) is 20.0 Å². The molecule has 0 saturated carbocycles. The van der Waals surface area contributed by atoms with Gasteiger partial charge in [-0.25, -0.2) is 29.2 Å². The molecule has 94 valence electrons. The molecular formula is C8H6N4O4S2. The fraction of sp³-hybridized carbons (Fsp3) is 0.500. The Morgan fingerprint density at radius 1 is 0.722 bits per heavy atom. The van der Waals surface area contributed by atoms with Crippen molar-refractivity contribution in [1.82, 2.24) is 0 Å². The van der Waals surface area contributed by atoms with Crippen LogP contribution in [0, 0.1) is 0 Å². The van der Waals surface area contributed by atoms with Crippen molar-refractivity contribution in [3.05, 3.63) is 0 Å². The van der Waals surface area contributed by atoms with Gasteiger partial charge in [-0.05, 0) is 0 Å². The summed E-state index contributed by atoms with van der Waals surface area (Å²) in [6.07, 6.45) is 5.29. The molecule has 10 heteroatoms. The van der Waals surface area contributed by atoms with Crippen LogP contribution < -0.4 is 0 Å². The molecule has 0 aromatic heterocycles. The maximum Gasteiger partial charge on any atom is 0.236 e. The minimum absolute atomic E-state index is 0.0507. The molecule has 0 aromatic carbocycles. The molecule has 0 radical (unpaired) electrons. The molecule has 0 N–H and O–H groups in total. The third-order valence-electron chi connectivity index (χ3n) is 1.30. The van der Waals surface area contributed by atoms with Gasteiger partial charge in [0.2, 0.25) is 24.3 Å². The molecule has 0 heterocycles. The Bertz CT molecular complexity index is 404. The van der Waals surface area contributed by atoms with E-state index >= 15 is 0 Å². The van der Waals surface area contributed by atoms with Crippen molar-refractivity contribution in [3.63, 3.8) is 0 Å². The lowest BCUT2D eigenvalue weighted by Gasteiger charge is -2.08. The van der Waals surface area contributed by atoms with E-state index in [9.17, 15) is 19.2 Å². The van der Waals surface area contributed by atoms with Gasteiger partial charge < -0.3 is 0 Å². The summed E-state index contributed by atoms with van der Waals surface area (Å²) >= 11 is 0. The molecule has 18 heavy (non-hydrogen) atoms. The van der Waals surface area contributed by atoms with Gasteiger partial charge in [-0.2, -0.15) is 9.98 Å². The summed E-state index contributed by atoms with van der Waals surface area (Å²) in [7, 11) is 2.07. The molecule has 0 rings (SSSR count). The summed E-state index contributed by atoms with van der Waals surface area (Å²) < 4.78 is 0. The second-order valence-corrected chi connectivity index (χ2v) is 5.03. The van der Waals surface area contributed by atoms with E-state index in [1.54, 1.807) is 0 Å². The van der Waals surface area contributed by atoms with Gasteiger partial charge in [0, 0.05) is 0 Å². The first-order valence-corrected chi connectivity index (χ1v) is 6.59. The van der Waals surface area contributed by atoms with Gasteiger partial charge in [0.1, 0.15) is 10.7 Å². The standard InChI is InChI=1S/C8H6N4O4S2/c13-3-9-1-7(11-5-15)17-18-8(12-6-16)2-10-4-14/h7-8H,1-2H2. The summed E-state index contributed by atoms with van der Waals surface area (Å²) in [5.41, 5.74) is 0. The monoisotopic (exact) mass is 286 g/mol. The van der Waals surface area contributed by atoms with E-state index in [1.807, 2.05) is 0 Å². The topological polar surface area (TPSA) is 118 Å². The Labute approximate surface area is 109 Å². The highest BCUT2D eigenvalue weighted by molar-refractivity contribution is 8.77. The predicted octanol–water partition coefficient (Wildman–Crippen LogP) is 0.363. The van der Waals surface area contributed by atoms with Crippen LogP contribution in [-0.2, 0) is 19.2 Å². The van der Waals surface area contributed by atoms with E-state index in [0.717, 1.165) is 21.6 Å². The number of hydrogen-bond donors (Lipinski definition) is 0. The molecule has 0 saturated heterocycles. The molecule has 2 atom stereocenters. The van der Waals surface area contributed by atoms with E-state index in [4.69, 9.17) is 0 Å². The highest BCUT2D eigenvalue weighted by atomic mass is 33.1. The fourth-order valence-corrected chi connectivity index (χ4v) is 2.75. The lowest BCUT2D eigenvalue weighted by atomic mass is 10.6. The van der Waals surface area contributed by atoms with Crippen LogP contribution in [0.4, 0.5) is 0 Å². The molecular weight excluding hydrogens is 280 g/mol. The van der Waals surface area contributed by atoms with Crippen LogP contribution in [0.2, 0.25) is 0 Å². The summed E-state index contributed by atoms with van der Waals surface area (Å²) in [4.78, 5) is 53.4. The molecule has 0 aliphatic carbocycles. The van der Waals surface area contributed by atoms with Gasteiger partial charge in [-0.15, -0.1) is 0 Å². The van der Waals surface area contributed by atoms with Crippen LogP contribution in [0.25, 0.3) is 0 Å². The van der Waals surface area contributed by atoms with Gasteiger partial charge >= 0.3 is 0 Å². The Morgan fingerprint density at radius 2 is 1.11 bits per heavy atom. The van der Waals surface area contributed by atoms with Gasteiger partial charge in [-0.3, -0.25) is 0 Å². The van der Waals surface area contributed by atoms with E-state index < -0.39 is 10.7 Å². The van der Waals surface area contributed by atoms with Crippen LogP contribution >= 0.6 is 21.6 Å². The van der Waals surface area contributed by atoms with Crippen LogP contribution in [0.15, 0.2) is 20.0 Å². The summed E-state index contributed by atoms with van der Waals surface area (Å²) in [5, 5.41) is -1.31. The number of aliphatic imine (C=N–C) groups is 4. The summed E-state index contributed by atoms with van der Waals surface area (Å²) in [5.74, 6) is 0. The first-order chi connectivity index (χ1) is 8.78. The van der Waals surface area contributed by atoms with E-state index in [1.165, 1.54) is 24.3 Å². The van der Waals surface area contributed by atoms with Crippen molar-refractivity contribution in [2.24, 2.45) is 20.0 Å². The van der Waals surface area contributed by atoms with Crippen LogP contribution in [0.1, 0.15) is 0 Å². The fourth-order valence-electron chi connectivity index (χ4n) is 0.662. The van der Waals surface area contributed by atoms with E-state index in [-0.39, 0.29) is 13.1 Å². The minimum Gasteiger partial charge on any atom is -0.211 e. The summed E-state index contributed by atoms with van der Waals surface area (Å²) in [6.45, 7) is -0.101. The van der Waals surface area contributed by atoms with Crippen molar-refractivity contribution in [2.75, 3.05) is 13.1 Å². The largest absolute Gasteiger partial charge is 0.236 e. The second-order valence-electron chi connectivity index (χ2n) is 2.41. The third-order valence-corrected chi connectivity index (χ3v) is 4.03. The second kappa shape index (κ2) is 11.7. The lowest BCUT2D eigenvalue weighted by Crippen LogP contribution is -2.06. The normalized spacial score (nSPS) is 11.8. The van der Waals surface area contributed by atoms with Gasteiger partial charge in [0.05, 0.1) is 13.1 Å². The number of hydrogen-bond acceptors (Lipinski definition) is 10. The number of nitrogens with zero attached hydrogens (tertiary/aromatic N) is 4. The Kier molecular flexibility index (Phi) is 10.5. The molecule has 0 amide bonds. The molecule has 0 aromatic rings. The van der Waals surface area contributed by atoms with Crippen molar-refractivity contribution < 1.29 is 19.2 Å². The molecule has 2 unspecified atom stereocenters. The maximum atomic E-state index is 10.1. The Balaban J connectivity index is 4.42. The lowest BCUT2D eigenvalue weighted by molar-refractivity contribution is 0.559. The number of rotatable bonds is 9. The number of isocyanates is 4. The SMILES string of the molecule is O=C=NCC(N=C=O)SSC(CN=C=O)N=C=O. The number of carbonyl (C=O) groups excluding carboxylic acids is 4. The molecule has 0 spiro atoms.